The number of benzene rings is 1. The maximum Gasteiger partial charge on any atom is 0.267 e. The van der Waals surface area contributed by atoms with Crippen molar-refractivity contribution in [3.8, 4) is 0 Å². The zero-order valence-electron chi connectivity index (χ0n) is 11.3. The average Bonchev–Trinajstić information content (AvgIpc) is 2.92. The predicted molar refractivity (Wildman–Crippen MR) is 88.5 cm³/mol. The van der Waals surface area contributed by atoms with Gasteiger partial charge < -0.3 is 5.32 Å². The smallest absolute Gasteiger partial charge is 0.267 e. The molecule has 1 aromatic carbocycles. The van der Waals surface area contributed by atoms with Crippen molar-refractivity contribution < 1.29 is 4.79 Å². The molecule has 5 heteroatoms. The van der Waals surface area contributed by atoms with Crippen LogP contribution in [-0.2, 0) is 0 Å². The summed E-state index contributed by atoms with van der Waals surface area (Å²) in [6.45, 7) is 4.24. The molecule has 2 rings (SSSR count). The van der Waals surface area contributed by atoms with Crippen molar-refractivity contribution in [3.05, 3.63) is 52.2 Å². The highest BCUT2D eigenvalue weighted by Crippen LogP contribution is 2.23. The zero-order valence-corrected chi connectivity index (χ0v) is 13.0. The first kappa shape index (κ1) is 14.7. The van der Waals surface area contributed by atoms with Crippen LogP contribution in [0.3, 0.4) is 0 Å². The molecule has 0 spiro atoms. The Morgan fingerprint density at radius 2 is 1.95 bits per heavy atom. The van der Waals surface area contributed by atoms with Crippen LogP contribution in [0.4, 0.5) is 5.69 Å². The summed E-state index contributed by atoms with van der Waals surface area (Å²) in [6.07, 6.45) is 0. The van der Waals surface area contributed by atoms with Gasteiger partial charge in [-0.3, -0.25) is 10.1 Å². The monoisotopic (exact) mass is 304 g/mol. The van der Waals surface area contributed by atoms with Crippen molar-refractivity contribution in [2.24, 2.45) is 0 Å². The van der Waals surface area contributed by atoms with Crippen LogP contribution in [0.1, 0.15) is 35.0 Å². The third-order valence-corrected chi connectivity index (χ3v) is 3.88. The standard InChI is InChI=1S/C15H16N2OS2/c1-10(2)11-6-3-4-7-12(11)16-15(19)17-14(18)13-8-5-9-20-13/h3-10H,1-2H3,(H2,16,17,18,19). The molecule has 0 radical (unpaired) electrons. The maximum absolute atomic E-state index is 11.9. The summed E-state index contributed by atoms with van der Waals surface area (Å²) in [5.41, 5.74) is 2.10. The van der Waals surface area contributed by atoms with Gasteiger partial charge in [0.2, 0.25) is 0 Å². The summed E-state index contributed by atoms with van der Waals surface area (Å²) in [6, 6.07) is 11.6. The number of thiocarbonyl (C=S) groups is 1. The van der Waals surface area contributed by atoms with Crippen molar-refractivity contribution in [1.82, 2.24) is 5.32 Å². The van der Waals surface area contributed by atoms with E-state index in [0.29, 0.717) is 15.9 Å². The molecule has 20 heavy (non-hydrogen) atoms. The van der Waals surface area contributed by atoms with Gasteiger partial charge in [-0.05, 0) is 41.2 Å². The highest BCUT2D eigenvalue weighted by Gasteiger charge is 2.11. The van der Waals surface area contributed by atoms with Gasteiger partial charge in [0.1, 0.15) is 0 Å². The molecule has 0 saturated carbocycles. The van der Waals surface area contributed by atoms with Crippen LogP contribution < -0.4 is 10.6 Å². The molecule has 0 atom stereocenters. The summed E-state index contributed by atoms with van der Waals surface area (Å²) in [5, 5.41) is 7.95. The van der Waals surface area contributed by atoms with Crippen LogP contribution in [0.15, 0.2) is 41.8 Å². The number of carbonyl (C=O) groups excluding carboxylic acids is 1. The first-order valence-corrected chi connectivity index (χ1v) is 7.61. The summed E-state index contributed by atoms with van der Waals surface area (Å²) < 4.78 is 0. The molecule has 1 aromatic heterocycles. The van der Waals surface area contributed by atoms with Crippen molar-refractivity contribution in [1.29, 1.82) is 0 Å². The van der Waals surface area contributed by atoms with Crippen molar-refractivity contribution in [3.63, 3.8) is 0 Å². The fourth-order valence-electron chi connectivity index (χ4n) is 1.84. The number of anilines is 1. The Hall–Kier alpha value is -1.72. The van der Waals surface area contributed by atoms with E-state index >= 15 is 0 Å². The normalized spacial score (nSPS) is 10.3. The number of hydrogen-bond acceptors (Lipinski definition) is 3. The van der Waals surface area contributed by atoms with E-state index < -0.39 is 0 Å². The largest absolute Gasteiger partial charge is 0.332 e. The van der Waals surface area contributed by atoms with Gasteiger partial charge in [0.05, 0.1) is 4.88 Å². The van der Waals surface area contributed by atoms with E-state index in [4.69, 9.17) is 12.2 Å². The molecular formula is C15H16N2OS2. The quantitative estimate of drug-likeness (QED) is 0.842. The molecule has 0 aliphatic heterocycles. The molecule has 2 N–H and O–H groups in total. The molecule has 0 aliphatic rings. The van der Waals surface area contributed by atoms with Gasteiger partial charge >= 0.3 is 0 Å². The van der Waals surface area contributed by atoms with Gasteiger partial charge in [0, 0.05) is 5.69 Å². The fraction of sp³-hybridized carbons (Fsp3) is 0.200. The number of hydrogen-bond donors (Lipinski definition) is 2. The van der Waals surface area contributed by atoms with E-state index in [1.165, 1.54) is 16.9 Å². The van der Waals surface area contributed by atoms with Crippen LogP contribution in [0.25, 0.3) is 0 Å². The van der Waals surface area contributed by atoms with E-state index in [1.807, 2.05) is 29.6 Å². The zero-order chi connectivity index (χ0) is 14.5. The van der Waals surface area contributed by atoms with Crippen LogP contribution in [0.2, 0.25) is 0 Å². The Labute approximate surface area is 128 Å². The van der Waals surface area contributed by atoms with E-state index in [1.54, 1.807) is 6.07 Å². The topological polar surface area (TPSA) is 41.1 Å². The number of nitrogens with one attached hydrogen (secondary N) is 2. The highest BCUT2D eigenvalue weighted by molar-refractivity contribution is 7.80. The van der Waals surface area contributed by atoms with Gasteiger partial charge in [0.15, 0.2) is 5.11 Å². The Morgan fingerprint density at radius 3 is 2.60 bits per heavy atom. The molecule has 0 bridgehead atoms. The second kappa shape index (κ2) is 6.63. The maximum atomic E-state index is 11.9. The molecule has 0 unspecified atom stereocenters. The van der Waals surface area contributed by atoms with E-state index in [0.717, 1.165) is 5.69 Å². The van der Waals surface area contributed by atoms with Gasteiger partial charge in [-0.2, -0.15) is 0 Å². The first-order chi connectivity index (χ1) is 9.58. The first-order valence-electron chi connectivity index (χ1n) is 6.32. The second-order valence-electron chi connectivity index (χ2n) is 4.63. The summed E-state index contributed by atoms with van der Waals surface area (Å²) >= 11 is 6.58. The SMILES string of the molecule is CC(C)c1ccccc1NC(=S)NC(=O)c1cccs1. The minimum atomic E-state index is -0.181. The number of para-hydroxylation sites is 1. The molecule has 1 amide bonds. The summed E-state index contributed by atoms with van der Waals surface area (Å²) in [7, 11) is 0. The number of rotatable bonds is 3. The Balaban J connectivity index is 2.04. The Kier molecular flexibility index (Phi) is 4.87. The fourth-order valence-corrected chi connectivity index (χ4v) is 2.66. The van der Waals surface area contributed by atoms with Crippen molar-refractivity contribution in [2.75, 3.05) is 5.32 Å². The highest BCUT2D eigenvalue weighted by atomic mass is 32.1. The molecule has 3 nitrogen and oxygen atoms in total. The third-order valence-electron chi connectivity index (χ3n) is 2.80. The molecular weight excluding hydrogens is 288 g/mol. The summed E-state index contributed by atoms with van der Waals surface area (Å²) in [5.74, 6) is 0.203. The van der Waals surface area contributed by atoms with E-state index in [2.05, 4.69) is 30.5 Å². The summed E-state index contributed by atoms with van der Waals surface area (Å²) in [4.78, 5) is 12.5. The number of amides is 1. The average molecular weight is 304 g/mol. The van der Waals surface area contributed by atoms with Crippen molar-refractivity contribution in [2.45, 2.75) is 19.8 Å². The van der Waals surface area contributed by atoms with Crippen LogP contribution >= 0.6 is 23.6 Å². The minimum Gasteiger partial charge on any atom is -0.332 e. The van der Waals surface area contributed by atoms with Crippen LogP contribution in [0.5, 0.6) is 0 Å². The lowest BCUT2D eigenvalue weighted by Crippen LogP contribution is -2.33. The molecule has 0 saturated heterocycles. The van der Waals surface area contributed by atoms with Gasteiger partial charge in [-0.25, -0.2) is 0 Å². The Bertz CT molecular complexity index is 606. The van der Waals surface area contributed by atoms with Gasteiger partial charge in [-0.15, -0.1) is 11.3 Å². The number of thiophene rings is 1. The molecule has 0 aliphatic carbocycles. The van der Waals surface area contributed by atoms with E-state index in [9.17, 15) is 4.79 Å². The second-order valence-corrected chi connectivity index (χ2v) is 5.98. The van der Waals surface area contributed by atoms with Gasteiger partial charge in [-0.1, -0.05) is 38.1 Å². The predicted octanol–water partition coefficient (Wildman–Crippen LogP) is 4.00. The van der Waals surface area contributed by atoms with Gasteiger partial charge in [0.25, 0.3) is 5.91 Å². The number of carbonyl (C=O) groups is 1. The Morgan fingerprint density at radius 1 is 1.20 bits per heavy atom. The minimum absolute atomic E-state index is 0.181. The third kappa shape index (κ3) is 3.65. The molecule has 104 valence electrons. The van der Waals surface area contributed by atoms with E-state index in [-0.39, 0.29) is 5.91 Å². The van der Waals surface area contributed by atoms with Crippen molar-refractivity contribution >= 4 is 40.3 Å². The molecule has 0 fully saturated rings. The molecule has 1 heterocycles. The lowest BCUT2D eigenvalue weighted by Gasteiger charge is -2.15. The lowest BCUT2D eigenvalue weighted by atomic mass is 10.0. The lowest BCUT2D eigenvalue weighted by molar-refractivity contribution is 0.0981. The molecule has 2 aromatic rings. The van der Waals surface area contributed by atoms with Crippen LogP contribution in [-0.4, -0.2) is 11.0 Å². The van der Waals surface area contributed by atoms with Crippen LogP contribution in [0, 0.1) is 0 Å².